The molecule has 1 aliphatic rings. The van der Waals surface area contributed by atoms with E-state index in [0.29, 0.717) is 12.5 Å². The number of amides is 1. The van der Waals surface area contributed by atoms with Crippen LogP contribution in [0, 0.1) is 11.8 Å². The molecule has 88 valence electrons. The summed E-state index contributed by atoms with van der Waals surface area (Å²) in [4.78, 5) is 10.3. The van der Waals surface area contributed by atoms with Crippen molar-refractivity contribution in [2.75, 3.05) is 12.3 Å². The van der Waals surface area contributed by atoms with Crippen molar-refractivity contribution in [2.45, 2.75) is 25.7 Å². The van der Waals surface area contributed by atoms with Crippen molar-refractivity contribution in [3.05, 3.63) is 0 Å². The van der Waals surface area contributed by atoms with Crippen LogP contribution in [0.2, 0.25) is 0 Å². The predicted molar refractivity (Wildman–Crippen MR) is 56.7 cm³/mol. The fourth-order valence-electron chi connectivity index (χ4n) is 2.06. The van der Waals surface area contributed by atoms with Gasteiger partial charge in [0.2, 0.25) is 0 Å². The van der Waals surface area contributed by atoms with Crippen LogP contribution >= 0.6 is 0 Å². The fourth-order valence-corrected chi connectivity index (χ4v) is 2.85. The zero-order valence-corrected chi connectivity index (χ0v) is 9.41. The topological polar surface area (TPSA) is 83.5 Å². The Bertz CT molecular complexity index is 274. The van der Waals surface area contributed by atoms with Crippen LogP contribution in [-0.2, 0) is 10.7 Å². The van der Waals surface area contributed by atoms with Gasteiger partial charge in [0.05, 0.1) is 5.75 Å². The summed E-state index contributed by atoms with van der Waals surface area (Å²) in [5.74, 6) is 0.947. The molecule has 0 bridgehead atoms. The van der Waals surface area contributed by atoms with Gasteiger partial charge in [0.25, 0.3) is 0 Å². The van der Waals surface area contributed by atoms with E-state index in [4.69, 9.17) is 5.11 Å². The Balaban J connectivity index is 2.20. The second-order valence-electron chi connectivity index (χ2n) is 4.09. The van der Waals surface area contributed by atoms with Gasteiger partial charge in [0.15, 0.2) is 0 Å². The van der Waals surface area contributed by atoms with Crippen molar-refractivity contribution in [1.29, 1.82) is 0 Å². The van der Waals surface area contributed by atoms with Gasteiger partial charge in [0.1, 0.15) is 10.7 Å². The maximum atomic E-state index is 10.5. The number of hydrogen-bond acceptors (Lipinski definition) is 3. The van der Waals surface area contributed by atoms with Gasteiger partial charge in [-0.15, -0.1) is 0 Å². The van der Waals surface area contributed by atoms with Gasteiger partial charge in [-0.05, 0) is 37.5 Å². The molecule has 1 aliphatic carbocycles. The lowest BCUT2D eigenvalue weighted by Gasteiger charge is -2.26. The molecule has 0 aromatic heterocycles. The Morgan fingerprint density at radius 1 is 1.20 bits per heavy atom. The van der Waals surface area contributed by atoms with Crippen LogP contribution in [0.25, 0.3) is 0 Å². The summed E-state index contributed by atoms with van der Waals surface area (Å²) >= 11 is 0. The molecule has 0 saturated heterocycles. The first kappa shape index (κ1) is 12.3. The molecule has 0 spiro atoms. The first-order chi connectivity index (χ1) is 7.08. The molecule has 1 saturated carbocycles. The largest absolute Gasteiger partial charge is 0.465 e. The summed E-state index contributed by atoms with van der Waals surface area (Å²) in [6.45, 7) is 0.492. The van der Waals surface area contributed by atoms with E-state index in [-0.39, 0.29) is 11.7 Å². The molecule has 5 nitrogen and oxygen atoms in total. The van der Waals surface area contributed by atoms with Crippen LogP contribution in [0.4, 0.5) is 4.79 Å². The van der Waals surface area contributed by atoms with E-state index < -0.39 is 16.8 Å². The second kappa shape index (κ2) is 5.95. The monoisotopic (exact) mass is 235 g/mol. The van der Waals surface area contributed by atoms with Crippen LogP contribution in [0.5, 0.6) is 0 Å². The van der Waals surface area contributed by atoms with Crippen LogP contribution in [0.3, 0.4) is 0 Å². The quantitative estimate of drug-likeness (QED) is 0.625. The SMILES string of the molecule is O=C(O)NC[C@H]1CC[C@H](C[SH](=O)=O)CC1. The minimum absolute atomic E-state index is 0.284. The maximum Gasteiger partial charge on any atom is 0.404 e. The Labute approximate surface area is 90.8 Å². The Morgan fingerprint density at radius 2 is 1.73 bits per heavy atom. The van der Waals surface area contributed by atoms with Gasteiger partial charge in [-0.2, -0.15) is 0 Å². The maximum absolute atomic E-state index is 10.5. The number of rotatable bonds is 4. The highest BCUT2D eigenvalue weighted by Gasteiger charge is 2.21. The zero-order valence-electron chi connectivity index (χ0n) is 8.52. The van der Waals surface area contributed by atoms with Gasteiger partial charge in [-0.1, -0.05) is 0 Å². The van der Waals surface area contributed by atoms with E-state index in [9.17, 15) is 13.2 Å². The average molecular weight is 235 g/mol. The normalized spacial score (nSPS) is 26.5. The standard InChI is InChI=1S/C9H17NO4S/c11-9(12)10-5-7-1-3-8(4-2-7)6-15(13)14/h7-8,10,15H,1-6H2,(H,11,12)/t7-,8-. The molecule has 2 N–H and O–H groups in total. The van der Waals surface area contributed by atoms with Crippen LogP contribution in [0.1, 0.15) is 25.7 Å². The van der Waals surface area contributed by atoms with Crippen molar-refractivity contribution in [2.24, 2.45) is 11.8 Å². The molecule has 0 aromatic carbocycles. The third kappa shape index (κ3) is 5.01. The van der Waals surface area contributed by atoms with Crippen molar-refractivity contribution in [3.63, 3.8) is 0 Å². The summed E-state index contributed by atoms with van der Waals surface area (Å²) in [5.41, 5.74) is 0. The first-order valence-electron chi connectivity index (χ1n) is 5.16. The molecular formula is C9H17NO4S. The Kier molecular flexibility index (Phi) is 4.87. The molecule has 1 fully saturated rings. The molecule has 6 heteroatoms. The molecule has 0 aliphatic heterocycles. The molecule has 0 heterocycles. The number of nitrogens with one attached hydrogen (secondary N) is 1. The number of thiol groups is 1. The van der Waals surface area contributed by atoms with E-state index in [1.807, 2.05) is 0 Å². The summed E-state index contributed by atoms with van der Waals surface area (Å²) in [7, 11) is -2.27. The summed E-state index contributed by atoms with van der Waals surface area (Å²) in [6, 6.07) is 0. The van der Waals surface area contributed by atoms with Crippen molar-refractivity contribution < 1.29 is 18.3 Å². The summed E-state index contributed by atoms with van der Waals surface area (Å²) in [5, 5.41) is 10.8. The molecule has 1 amide bonds. The van der Waals surface area contributed by atoms with E-state index in [1.165, 1.54) is 0 Å². The molecule has 1 rings (SSSR count). The molecule has 0 radical (unpaired) electrons. The molecule has 0 unspecified atom stereocenters. The lowest BCUT2D eigenvalue weighted by molar-refractivity contribution is 0.188. The van der Waals surface area contributed by atoms with E-state index >= 15 is 0 Å². The zero-order chi connectivity index (χ0) is 11.3. The molecule has 0 atom stereocenters. The third-order valence-corrected chi connectivity index (χ3v) is 3.73. The average Bonchev–Trinajstić information content (AvgIpc) is 2.16. The Morgan fingerprint density at radius 3 is 2.20 bits per heavy atom. The van der Waals surface area contributed by atoms with Crippen molar-refractivity contribution in [3.8, 4) is 0 Å². The minimum atomic E-state index is -2.27. The van der Waals surface area contributed by atoms with Crippen LogP contribution in [-0.4, -0.2) is 31.9 Å². The van der Waals surface area contributed by atoms with Crippen molar-refractivity contribution >= 4 is 16.8 Å². The first-order valence-corrected chi connectivity index (χ1v) is 6.52. The molecule has 0 aromatic rings. The van der Waals surface area contributed by atoms with Crippen molar-refractivity contribution in [1.82, 2.24) is 5.32 Å². The van der Waals surface area contributed by atoms with Crippen LogP contribution < -0.4 is 5.32 Å². The Hall–Kier alpha value is -0.780. The lowest BCUT2D eigenvalue weighted by atomic mass is 9.83. The number of carboxylic acid groups (broad SMARTS) is 1. The number of hydrogen-bond donors (Lipinski definition) is 3. The van der Waals surface area contributed by atoms with E-state index in [2.05, 4.69) is 5.32 Å². The van der Waals surface area contributed by atoms with E-state index in [0.717, 1.165) is 25.7 Å². The highest BCUT2D eigenvalue weighted by Crippen LogP contribution is 2.28. The van der Waals surface area contributed by atoms with Gasteiger partial charge >= 0.3 is 6.09 Å². The van der Waals surface area contributed by atoms with Gasteiger partial charge in [-0.25, -0.2) is 13.2 Å². The third-order valence-electron chi connectivity index (χ3n) is 2.92. The molecule has 15 heavy (non-hydrogen) atoms. The van der Waals surface area contributed by atoms with Gasteiger partial charge < -0.3 is 10.4 Å². The van der Waals surface area contributed by atoms with Gasteiger partial charge in [0, 0.05) is 6.54 Å². The minimum Gasteiger partial charge on any atom is -0.465 e. The summed E-state index contributed by atoms with van der Waals surface area (Å²) in [6.07, 6.45) is 2.66. The molecular weight excluding hydrogens is 218 g/mol. The smallest absolute Gasteiger partial charge is 0.404 e. The highest BCUT2D eigenvalue weighted by molar-refractivity contribution is 7.72. The van der Waals surface area contributed by atoms with E-state index in [1.54, 1.807) is 0 Å². The fraction of sp³-hybridized carbons (Fsp3) is 0.889. The lowest BCUT2D eigenvalue weighted by Crippen LogP contribution is -2.30. The highest BCUT2D eigenvalue weighted by atomic mass is 32.2. The van der Waals surface area contributed by atoms with Gasteiger partial charge in [-0.3, -0.25) is 0 Å². The predicted octanol–water partition coefficient (Wildman–Crippen LogP) is 0.672. The van der Waals surface area contributed by atoms with Crippen LogP contribution in [0.15, 0.2) is 0 Å². The number of carbonyl (C=O) groups is 1. The summed E-state index contributed by atoms with van der Waals surface area (Å²) < 4.78 is 21.0. The second-order valence-corrected chi connectivity index (χ2v) is 5.12.